The number of nitrogens with zero attached hydrogens (tertiary/aromatic N) is 1. The molecule has 0 spiro atoms. The minimum Gasteiger partial charge on any atom is -0.375 e. The van der Waals surface area contributed by atoms with E-state index in [-0.39, 0.29) is 18.0 Å². The lowest BCUT2D eigenvalue weighted by Gasteiger charge is -2.19. The second-order valence-corrected chi connectivity index (χ2v) is 5.65. The van der Waals surface area contributed by atoms with Crippen LogP contribution in [0.5, 0.6) is 0 Å². The molecular weight excluding hydrogens is 321 g/mol. The lowest BCUT2D eigenvalue weighted by molar-refractivity contribution is -0.120. The Morgan fingerprint density at radius 3 is 2.52 bits per heavy atom. The van der Waals surface area contributed by atoms with E-state index in [2.05, 4.69) is 15.5 Å². The summed E-state index contributed by atoms with van der Waals surface area (Å²) >= 11 is 0. The van der Waals surface area contributed by atoms with Gasteiger partial charge in [-0.3, -0.25) is 9.59 Å². The van der Waals surface area contributed by atoms with E-state index in [0.717, 1.165) is 24.7 Å². The summed E-state index contributed by atoms with van der Waals surface area (Å²) < 4.78 is 13.1. The van der Waals surface area contributed by atoms with Gasteiger partial charge >= 0.3 is 0 Å². The highest BCUT2D eigenvalue weighted by Crippen LogP contribution is 2.10. The maximum atomic E-state index is 13.1. The van der Waals surface area contributed by atoms with Crippen molar-refractivity contribution in [2.45, 2.75) is 6.42 Å². The lowest BCUT2D eigenvalue weighted by atomic mass is 10.2. The number of para-hydroxylation sites is 1. The van der Waals surface area contributed by atoms with Gasteiger partial charge in [0.2, 0.25) is 5.91 Å². The predicted octanol–water partition coefficient (Wildman–Crippen LogP) is 2.20. The second-order valence-electron chi connectivity index (χ2n) is 5.65. The summed E-state index contributed by atoms with van der Waals surface area (Å²) in [6, 6.07) is 15.3. The van der Waals surface area contributed by atoms with Gasteiger partial charge in [-0.05, 0) is 36.8 Å². The molecule has 0 aliphatic carbocycles. The first-order valence-electron chi connectivity index (χ1n) is 8.13. The third-order valence-corrected chi connectivity index (χ3v) is 3.69. The first-order chi connectivity index (χ1) is 12.1. The zero-order valence-electron chi connectivity index (χ0n) is 14.2. The fourth-order valence-electron chi connectivity index (χ4n) is 2.31. The van der Waals surface area contributed by atoms with Crippen LogP contribution in [0, 0.1) is 5.82 Å². The smallest absolute Gasteiger partial charge is 0.251 e. The van der Waals surface area contributed by atoms with Gasteiger partial charge in [0.15, 0.2) is 0 Å². The molecule has 0 saturated heterocycles. The monoisotopic (exact) mass is 343 g/mol. The maximum absolute atomic E-state index is 13.1. The number of nitrogens with one attached hydrogen (secondary N) is 2. The number of hydrogen-bond donors (Lipinski definition) is 2. The Balaban J connectivity index is 1.63. The van der Waals surface area contributed by atoms with E-state index in [9.17, 15) is 14.0 Å². The lowest BCUT2D eigenvalue weighted by Crippen LogP contribution is -2.38. The van der Waals surface area contributed by atoms with Crippen molar-refractivity contribution < 1.29 is 14.0 Å². The molecule has 2 aromatic carbocycles. The topological polar surface area (TPSA) is 61.4 Å². The molecule has 5 nitrogen and oxygen atoms in total. The normalized spacial score (nSPS) is 10.2. The van der Waals surface area contributed by atoms with Crippen LogP contribution < -0.4 is 15.5 Å². The Hall–Kier alpha value is -2.89. The van der Waals surface area contributed by atoms with Crippen LogP contribution in [-0.2, 0) is 4.79 Å². The Labute approximate surface area is 146 Å². The minimum atomic E-state index is -0.486. The van der Waals surface area contributed by atoms with E-state index in [1.165, 1.54) is 18.2 Å². The van der Waals surface area contributed by atoms with Crippen LogP contribution in [0.4, 0.5) is 10.1 Å². The maximum Gasteiger partial charge on any atom is 0.251 e. The Bertz CT molecular complexity index is 707. The molecule has 0 radical (unpaired) electrons. The van der Waals surface area contributed by atoms with Gasteiger partial charge in [-0.15, -0.1) is 0 Å². The minimum absolute atomic E-state index is 0.135. The number of rotatable bonds is 8. The van der Waals surface area contributed by atoms with Gasteiger partial charge in [-0.2, -0.15) is 0 Å². The Morgan fingerprint density at radius 1 is 1.04 bits per heavy atom. The van der Waals surface area contributed by atoms with Gasteiger partial charge in [-0.1, -0.05) is 24.3 Å². The van der Waals surface area contributed by atoms with E-state index in [1.807, 2.05) is 37.4 Å². The molecule has 0 saturated carbocycles. The Morgan fingerprint density at radius 2 is 1.80 bits per heavy atom. The summed E-state index contributed by atoms with van der Waals surface area (Å²) in [5.41, 5.74) is 1.31. The summed E-state index contributed by atoms with van der Waals surface area (Å²) in [6.07, 6.45) is 0.787. The molecule has 2 N–H and O–H groups in total. The summed E-state index contributed by atoms with van der Waals surface area (Å²) in [4.78, 5) is 25.7. The molecule has 2 rings (SSSR count). The molecular formula is C19H22FN3O2. The second kappa shape index (κ2) is 9.42. The molecule has 0 aliphatic heterocycles. The molecule has 0 unspecified atom stereocenters. The fraction of sp³-hybridized carbons (Fsp3) is 0.263. The molecule has 0 atom stereocenters. The number of benzene rings is 2. The van der Waals surface area contributed by atoms with Crippen LogP contribution >= 0.6 is 0 Å². The summed E-state index contributed by atoms with van der Waals surface area (Å²) in [5, 5.41) is 5.23. The van der Waals surface area contributed by atoms with Crippen LogP contribution in [-0.4, -0.2) is 38.5 Å². The molecule has 0 bridgehead atoms. The van der Waals surface area contributed by atoms with E-state index in [4.69, 9.17) is 0 Å². The molecule has 2 amide bonds. The van der Waals surface area contributed by atoms with E-state index in [1.54, 1.807) is 0 Å². The fourth-order valence-corrected chi connectivity index (χ4v) is 2.31. The van der Waals surface area contributed by atoms with Gasteiger partial charge in [0, 0.05) is 31.4 Å². The van der Waals surface area contributed by atoms with Crippen molar-refractivity contribution in [2.75, 3.05) is 31.6 Å². The highest BCUT2D eigenvalue weighted by molar-refractivity contribution is 5.96. The van der Waals surface area contributed by atoms with E-state index in [0.29, 0.717) is 6.54 Å². The first kappa shape index (κ1) is 18.4. The van der Waals surface area contributed by atoms with Crippen molar-refractivity contribution in [1.29, 1.82) is 0 Å². The summed E-state index contributed by atoms with van der Waals surface area (Å²) in [7, 11) is 2.00. The van der Waals surface area contributed by atoms with Crippen LogP contribution in [0.2, 0.25) is 0 Å². The average Bonchev–Trinajstić information content (AvgIpc) is 2.63. The SMILES string of the molecule is CN(CCCNC(=O)CNC(=O)c1cccc(F)c1)c1ccccc1. The van der Waals surface area contributed by atoms with Crippen molar-refractivity contribution in [3.8, 4) is 0 Å². The largest absolute Gasteiger partial charge is 0.375 e. The van der Waals surface area contributed by atoms with Crippen molar-refractivity contribution >= 4 is 17.5 Å². The van der Waals surface area contributed by atoms with Crippen LogP contribution in [0.1, 0.15) is 16.8 Å². The van der Waals surface area contributed by atoms with E-state index >= 15 is 0 Å². The molecule has 0 heterocycles. The van der Waals surface area contributed by atoms with Crippen molar-refractivity contribution in [2.24, 2.45) is 0 Å². The summed E-state index contributed by atoms with van der Waals surface area (Å²) in [6.45, 7) is 1.19. The van der Waals surface area contributed by atoms with Crippen LogP contribution in [0.15, 0.2) is 54.6 Å². The highest BCUT2D eigenvalue weighted by atomic mass is 19.1. The number of anilines is 1. The number of halogens is 1. The van der Waals surface area contributed by atoms with Gasteiger partial charge < -0.3 is 15.5 Å². The molecule has 6 heteroatoms. The Kier molecular flexibility index (Phi) is 6.95. The zero-order valence-corrected chi connectivity index (χ0v) is 14.2. The molecule has 132 valence electrons. The standard InChI is InChI=1S/C19H22FN3O2/c1-23(17-9-3-2-4-10-17)12-6-11-21-18(24)14-22-19(25)15-7-5-8-16(20)13-15/h2-5,7-10,13H,6,11-12,14H2,1H3,(H,21,24)(H,22,25). The van der Waals surface area contributed by atoms with Crippen molar-refractivity contribution in [1.82, 2.24) is 10.6 Å². The third kappa shape index (κ3) is 6.25. The van der Waals surface area contributed by atoms with Crippen molar-refractivity contribution in [3.63, 3.8) is 0 Å². The predicted molar refractivity (Wildman–Crippen MR) is 96.1 cm³/mol. The number of hydrogen-bond acceptors (Lipinski definition) is 3. The number of carbonyl (C=O) groups excluding carboxylic acids is 2. The molecule has 0 aromatic heterocycles. The molecule has 25 heavy (non-hydrogen) atoms. The quantitative estimate of drug-likeness (QED) is 0.723. The van der Waals surface area contributed by atoms with Crippen LogP contribution in [0.25, 0.3) is 0 Å². The van der Waals surface area contributed by atoms with Gasteiger partial charge in [0.05, 0.1) is 6.54 Å². The average molecular weight is 343 g/mol. The zero-order chi connectivity index (χ0) is 18.1. The highest BCUT2D eigenvalue weighted by Gasteiger charge is 2.08. The molecule has 0 fully saturated rings. The number of carbonyl (C=O) groups is 2. The summed E-state index contributed by atoms with van der Waals surface area (Å²) in [5.74, 6) is -1.23. The number of amides is 2. The van der Waals surface area contributed by atoms with Crippen molar-refractivity contribution in [3.05, 3.63) is 66.0 Å². The van der Waals surface area contributed by atoms with Crippen LogP contribution in [0.3, 0.4) is 0 Å². The molecule has 2 aromatic rings. The molecule has 0 aliphatic rings. The first-order valence-corrected chi connectivity index (χ1v) is 8.13. The van der Waals surface area contributed by atoms with Gasteiger partial charge in [0.1, 0.15) is 5.82 Å². The van der Waals surface area contributed by atoms with Gasteiger partial charge in [-0.25, -0.2) is 4.39 Å². The third-order valence-electron chi connectivity index (χ3n) is 3.69. The van der Waals surface area contributed by atoms with E-state index < -0.39 is 11.7 Å². The van der Waals surface area contributed by atoms with Gasteiger partial charge in [0.25, 0.3) is 5.91 Å².